The van der Waals surface area contributed by atoms with Gasteiger partial charge in [0.2, 0.25) is 0 Å². The highest BCUT2D eigenvalue weighted by Crippen LogP contribution is 2.28. The van der Waals surface area contributed by atoms with Crippen molar-refractivity contribution < 1.29 is 9.59 Å². The Balaban J connectivity index is 1.84. The van der Waals surface area contributed by atoms with Crippen LogP contribution in [0, 0.1) is 0 Å². The Bertz CT molecular complexity index is 709. The fourth-order valence-electron chi connectivity index (χ4n) is 3.47. The highest BCUT2D eigenvalue weighted by molar-refractivity contribution is 6.04. The molecule has 1 aliphatic heterocycles. The average Bonchev–Trinajstić information content (AvgIpc) is 2.92. The van der Waals surface area contributed by atoms with Crippen LogP contribution in [0.3, 0.4) is 0 Å². The predicted octanol–water partition coefficient (Wildman–Crippen LogP) is 3.39. The van der Waals surface area contributed by atoms with Gasteiger partial charge >= 0.3 is 6.03 Å². The van der Waals surface area contributed by atoms with Crippen LogP contribution in [-0.4, -0.2) is 41.5 Å². The van der Waals surface area contributed by atoms with Gasteiger partial charge in [0, 0.05) is 0 Å². The van der Waals surface area contributed by atoms with Crippen molar-refractivity contribution in [3.8, 4) is 0 Å². The van der Waals surface area contributed by atoms with Gasteiger partial charge in [-0.1, -0.05) is 74.0 Å². The molecule has 0 bridgehead atoms. The van der Waals surface area contributed by atoms with Gasteiger partial charge in [-0.05, 0) is 24.6 Å². The molecule has 1 fully saturated rings. The molecule has 1 aliphatic rings. The second-order valence-corrected chi connectivity index (χ2v) is 6.68. The molecule has 136 valence electrons. The van der Waals surface area contributed by atoms with Crippen LogP contribution in [0.5, 0.6) is 0 Å². The normalized spacial score (nSPS) is 17.2. The summed E-state index contributed by atoms with van der Waals surface area (Å²) < 4.78 is 0. The van der Waals surface area contributed by atoms with Crippen LogP contribution in [-0.2, 0) is 4.79 Å². The molecule has 3 rings (SSSR count). The molecule has 0 radical (unpaired) electrons. The standard InChI is InChI=1S/C21H25N3O2/c1-3-10-18-20(25)24(21(26)22-18)15-23(2)19(16-11-6-4-7-12-16)17-13-8-5-9-14-17/h4-9,11-14,18-19H,3,10,15H2,1-2H3,(H,22,26). The lowest BCUT2D eigenvalue weighted by molar-refractivity contribution is -0.129. The minimum Gasteiger partial charge on any atom is -0.326 e. The average molecular weight is 351 g/mol. The van der Waals surface area contributed by atoms with Crippen molar-refractivity contribution in [2.45, 2.75) is 31.8 Å². The minimum atomic E-state index is -0.396. The summed E-state index contributed by atoms with van der Waals surface area (Å²) in [5.74, 6) is -0.136. The molecule has 0 saturated carbocycles. The largest absolute Gasteiger partial charge is 0.326 e. The number of benzene rings is 2. The number of carbonyl (C=O) groups excluding carboxylic acids is 2. The molecule has 2 aromatic rings. The number of hydrogen-bond donors (Lipinski definition) is 1. The number of carbonyl (C=O) groups is 2. The molecule has 5 nitrogen and oxygen atoms in total. The quantitative estimate of drug-likeness (QED) is 0.778. The molecule has 2 aromatic carbocycles. The third-order valence-corrected chi connectivity index (χ3v) is 4.72. The van der Waals surface area contributed by atoms with E-state index in [0.29, 0.717) is 6.42 Å². The molecule has 3 amide bonds. The lowest BCUT2D eigenvalue weighted by Gasteiger charge is -2.31. The summed E-state index contributed by atoms with van der Waals surface area (Å²) in [7, 11) is 1.94. The van der Waals surface area contributed by atoms with Crippen LogP contribution in [0.2, 0.25) is 0 Å². The number of nitrogens with zero attached hydrogens (tertiary/aromatic N) is 2. The van der Waals surface area contributed by atoms with E-state index >= 15 is 0 Å². The van der Waals surface area contributed by atoms with Gasteiger partial charge in [-0.25, -0.2) is 9.69 Å². The molecule has 1 N–H and O–H groups in total. The molecule has 26 heavy (non-hydrogen) atoms. The van der Waals surface area contributed by atoms with Crippen LogP contribution in [0.25, 0.3) is 0 Å². The predicted molar refractivity (Wildman–Crippen MR) is 101 cm³/mol. The topological polar surface area (TPSA) is 52.7 Å². The monoisotopic (exact) mass is 351 g/mol. The van der Waals surface area contributed by atoms with E-state index in [9.17, 15) is 9.59 Å². The fourth-order valence-corrected chi connectivity index (χ4v) is 3.47. The zero-order valence-electron chi connectivity index (χ0n) is 15.3. The second-order valence-electron chi connectivity index (χ2n) is 6.68. The van der Waals surface area contributed by atoms with Crippen LogP contribution in [0.1, 0.15) is 36.9 Å². The third-order valence-electron chi connectivity index (χ3n) is 4.72. The first-order valence-electron chi connectivity index (χ1n) is 9.03. The van der Waals surface area contributed by atoms with Crippen molar-refractivity contribution in [3.63, 3.8) is 0 Å². The van der Waals surface area contributed by atoms with Gasteiger partial charge in [-0.2, -0.15) is 0 Å². The van der Waals surface area contributed by atoms with Crippen LogP contribution >= 0.6 is 0 Å². The Morgan fingerprint density at radius 3 is 2.04 bits per heavy atom. The molecular weight excluding hydrogens is 326 g/mol. The summed E-state index contributed by atoms with van der Waals surface area (Å²) in [5.41, 5.74) is 2.25. The van der Waals surface area contributed by atoms with E-state index in [4.69, 9.17) is 0 Å². The highest BCUT2D eigenvalue weighted by atomic mass is 16.2. The summed E-state index contributed by atoms with van der Waals surface area (Å²) >= 11 is 0. The zero-order valence-corrected chi connectivity index (χ0v) is 15.3. The van der Waals surface area contributed by atoms with Crippen molar-refractivity contribution in [2.75, 3.05) is 13.7 Å². The van der Waals surface area contributed by atoms with E-state index in [1.165, 1.54) is 4.90 Å². The first-order valence-corrected chi connectivity index (χ1v) is 9.03. The van der Waals surface area contributed by atoms with Gasteiger partial charge < -0.3 is 5.32 Å². The maximum atomic E-state index is 12.6. The Morgan fingerprint density at radius 2 is 1.54 bits per heavy atom. The van der Waals surface area contributed by atoms with Crippen molar-refractivity contribution in [3.05, 3.63) is 71.8 Å². The molecule has 1 unspecified atom stereocenters. The molecule has 1 saturated heterocycles. The van der Waals surface area contributed by atoms with Crippen molar-refractivity contribution >= 4 is 11.9 Å². The van der Waals surface area contributed by atoms with Crippen LogP contribution in [0.15, 0.2) is 60.7 Å². The molecule has 5 heteroatoms. The molecular formula is C21H25N3O2. The maximum absolute atomic E-state index is 12.6. The first-order chi connectivity index (χ1) is 12.6. The van der Waals surface area contributed by atoms with Crippen molar-refractivity contribution in [2.24, 2.45) is 0 Å². The number of amides is 3. The summed E-state index contributed by atoms with van der Waals surface area (Å²) in [6.45, 7) is 2.26. The Labute approximate surface area is 154 Å². The summed E-state index contributed by atoms with van der Waals surface area (Å²) in [4.78, 5) is 28.2. The number of rotatable bonds is 7. The molecule has 0 aromatic heterocycles. The van der Waals surface area contributed by atoms with Crippen molar-refractivity contribution in [1.29, 1.82) is 0 Å². The maximum Gasteiger partial charge on any atom is 0.325 e. The van der Waals surface area contributed by atoms with E-state index in [1.807, 2.05) is 55.3 Å². The fraction of sp³-hybridized carbons (Fsp3) is 0.333. The Kier molecular flexibility index (Phi) is 5.68. The summed E-state index contributed by atoms with van der Waals surface area (Å²) in [6, 6.07) is 19.5. The smallest absolute Gasteiger partial charge is 0.325 e. The zero-order chi connectivity index (χ0) is 18.5. The third kappa shape index (κ3) is 3.78. The van der Waals surface area contributed by atoms with Gasteiger partial charge in [0.15, 0.2) is 0 Å². The van der Waals surface area contributed by atoms with Crippen LogP contribution in [0.4, 0.5) is 4.79 Å². The lowest BCUT2D eigenvalue weighted by Crippen LogP contribution is -2.42. The lowest BCUT2D eigenvalue weighted by atomic mass is 9.98. The van der Waals surface area contributed by atoms with Crippen LogP contribution < -0.4 is 5.32 Å². The highest BCUT2D eigenvalue weighted by Gasteiger charge is 2.38. The van der Waals surface area contributed by atoms with E-state index in [2.05, 4.69) is 29.6 Å². The number of hydrogen-bond acceptors (Lipinski definition) is 3. The minimum absolute atomic E-state index is 0.0387. The van der Waals surface area contributed by atoms with E-state index in [0.717, 1.165) is 17.5 Å². The number of imide groups is 1. The molecule has 0 spiro atoms. The van der Waals surface area contributed by atoms with E-state index < -0.39 is 6.04 Å². The summed E-state index contributed by atoms with van der Waals surface area (Å²) in [6.07, 6.45) is 1.53. The molecule has 1 atom stereocenters. The van der Waals surface area contributed by atoms with Gasteiger partial charge in [-0.3, -0.25) is 9.69 Å². The Morgan fingerprint density at radius 1 is 1.00 bits per heavy atom. The number of nitrogens with one attached hydrogen (secondary N) is 1. The van der Waals surface area contributed by atoms with E-state index in [-0.39, 0.29) is 24.6 Å². The summed E-state index contributed by atoms with van der Waals surface area (Å²) in [5, 5.41) is 2.79. The van der Waals surface area contributed by atoms with E-state index in [1.54, 1.807) is 0 Å². The van der Waals surface area contributed by atoms with Gasteiger partial charge in [0.1, 0.15) is 6.04 Å². The van der Waals surface area contributed by atoms with Crippen molar-refractivity contribution in [1.82, 2.24) is 15.1 Å². The molecule has 1 heterocycles. The Hall–Kier alpha value is -2.66. The molecule has 0 aliphatic carbocycles. The second kappa shape index (κ2) is 8.15. The SMILES string of the molecule is CCCC1NC(=O)N(CN(C)C(c2ccccc2)c2ccccc2)C1=O. The first kappa shape index (κ1) is 18.1. The van der Waals surface area contributed by atoms with Gasteiger partial charge in [0.05, 0.1) is 12.7 Å². The number of urea groups is 1. The van der Waals surface area contributed by atoms with Gasteiger partial charge in [-0.15, -0.1) is 0 Å². The van der Waals surface area contributed by atoms with Gasteiger partial charge in [0.25, 0.3) is 5.91 Å².